The minimum atomic E-state index is -0.315. The van der Waals surface area contributed by atoms with Crippen LogP contribution in [0.5, 0.6) is 0 Å². The van der Waals surface area contributed by atoms with E-state index in [1.807, 2.05) is 30.3 Å². The van der Waals surface area contributed by atoms with Crippen molar-refractivity contribution in [2.75, 3.05) is 0 Å². The lowest BCUT2D eigenvalue weighted by Gasteiger charge is -2.06. The van der Waals surface area contributed by atoms with Crippen LogP contribution in [-0.4, -0.2) is 9.52 Å². The largest absolute Gasteiger partial charge is 0.299 e. The Morgan fingerprint density at radius 1 is 1.27 bits per heavy atom. The maximum Gasteiger partial charge on any atom is 0.146 e. The zero-order valence-corrected chi connectivity index (χ0v) is 11.4. The van der Waals surface area contributed by atoms with Gasteiger partial charge in [0.1, 0.15) is 11.7 Å². The van der Waals surface area contributed by atoms with Gasteiger partial charge in [0, 0.05) is 5.56 Å². The summed E-state index contributed by atoms with van der Waals surface area (Å²) in [6.45, 7) is 1.54. The standard InChI is InChI=1S/C12H10Br2O/c1-9(15)11(12(13)14)8-7-10-5-3-2-4-6-10/h2-6,11-12H,1H3. The molecule has 1 unspecified atom stereocenters. The molecule has 3 heteroatoms. The van der Waals surface area contributed by atoms with Crippen LogP contribution in [0, 0.1) is 17.8 Å². The van der Waals surface area contributed by atoms with Crippen molar-refractivity contribution < 1.29 is 4.79 Å². The van der Waals surface area contributed by atoms with E-state index in [0.717, 1.165) is 5.56 Å². The van der Waals surface area contributed by atoms with Crippen LogP contribution >= 0.6 is 31.9 Å². The first-order valence-corrected chi connectivity index (χ1v) is 6.29. The van der Waals surface area contributed by atoms with Crippen molar-refractivity contribution in [3.63, 3.8) is 0 Å². The average Bonchev–Trinajstić information content (AvgIpc) is 2.18. The van der Waals surface area contributed by atoms with Crippen LogP contribution in [0.2, 0.25) is 0 Å². The van der Waals surface area contributed by atoms with Gasteiger partial charge in [-0.3, -0.25) is 4.79 Å². The molecular formula is C12H10Br2O. The third-order valence-electron chi connectivity index (χ3n) is 1.84. The summed E-state index contributed by atoms with van der Waals surface area (Å²) in [5.74, 6) is 5.66. The summed E-state index contributed by atoms with van der Waals surface area (Å²) in [5, 5.41) is 0. The average molecular weight is 330 g/mol. The van der Waals surface area contributed by atoms with Crippen LogP contribution in [0.3, 0.4) is 0 Å². The number of alkyl halides is 2. The number of halogens is 2. The predicted octanol–water partition coefficient (Wildman–Crippen LogP) is 3.36. The van der Waals surface area contributed by atoms with Crippen molar-refractivity contribution in [3.05, 3.63) is 35.9 Å². The lowest BCUT2D eigenvalue weighted by molar-refractivity contribution is -0.118. The highest BCUT2D eigenvalue weighted by Gasteiger charge is 2.17. The Morgan fingerprint density at radius 3 is 2.33 bits per heavy atom. The van der Waals surface area contributed by atoms with Gasteiger partial charge in [-0.15, -0.1) is 0 Å². The van der Waals surface area contributed by atoms with Gasteiger partial charge in [0.2, 0.25) is 0 Å². The topological polar surface area (TPSA) is 17.1 Å². The van der Waals surface area contributed by atoms with Crippen molar-refractivity contribution in [1.82, 2.24) is 0 Å². The van der Waals surface area contributed by atoms with Crippen LogP contribution < -0.4 is 0 Å². The molecule has 0 N–H and O–H groups in total. The third-order valence-corrected chi connectivity index (χ3v) is 2.89. The lowest BCUT2D eigenvalue weighted by Crippen LogP contribution is -2.15. The summed E-state index contributed by atoms with van der Waals surface area (Å²) in [7, 11) is 0. The van der Waals surface area contributed by atoms with Crippen LogP contribution in [0.4, 0.5) is 0 Å². The number of ketones is 1. The van der Waals surface area contributed by atoms with Crippen LogP contribution in [0.25, 0.3) is 0 Å². The molecule has 0 spiro atoms. The zero-order chi connectivity index (χ0) is 11.3. The van der Waals surface area contributed by atoms with Crippen molar-refractivity contribution in [3.8, 4) is 11.8 Å². The number of Topliss-reactive ketones (excluding diaryl/α,β-unsaturated/α-hetero) is 1. The SMILES string of the molecule is CC(=O)C(C#Cc1ccccc1)C(Br)Br. The molecule has 0 heterocycles. The monoisotopic (exact) mass is 328 g/mol. The van der Waals surface area contributed by atoms with Crippen molar-refractivity contribution >= 4 is 37.6 Å². The first kappa shape index (κ1) is 12.5. The third kappa shape index (κ3) is 4.19. The van der Waals surface area contributed by atoms with Crippen LogP contribution in [0.1, 0.15) is 12.5 Å². The summed E-state index contributed by atoms with van der Waals surface area (Å²) in [5.41, 5.74) is 0.921. The van der Waals surface area contributed by atoms with E-state index in [1.165, 1.54) is 0 Å². The highest BCUT2D eigenvalue weighted by Crippen LogP contribution is 2.19. The van der Waals surface area contributed by atoms with Gasteiger partial charge < -0.3 is 0 Å². The summed E-state index contributed by atoms with van der Waals surface area (Å²) in [6.07, 6.45) is 0. The molecule has 1 rings (SSSR count). The molecule has 0 aromatic heterocycles. The number of rotatable bonds is 2. The van der Waals surface area contributed by atoms with Crippen molar-refractivity contribution in [2.24, 2.45) is 5.92 Å². The molecule has 15 heavy (non-hydrogen) atoms. The minimum Gasteiger partial charge on any atom is -0.299 e. The van der Waals surface area contributed by atoms with E-state index in [0.29, 0.717) is 0 Å². The maximum absolute atomic E-state index is 11.2. The molecule has 0 saturated heterocycles. The molecular weight excluding hydrogens is 320 g/mol. The zero-order valence-electron chi connectivity index (χ0n) is 8.21. The highest BCUT2D eigenvalue weighted by molar-refractivity contribution is 9.24. The van der Waals surface area contributed by atoms with Gasteiger partial charge in [-0.05, 0) is 19.1 Å². The quantitative estimate of drug-likeness (QED) is 0.600. The van der Waals surface area contributed by atoms with Gasteiger partial charge in [0.05, 0.1) is 3.74 Å². The van der Waals surface area contributed by atoms with Gasteiger partial charge in [0.15, 0.2) is 0 Å². The molecule has 0 amide bonds. The predicted molar refractivity (Wildman–Crippen MR) is 69.1 cm³/mol. The van der Waals surface area contributed by atoms with E-state index < -0.39 is 0 Å². The number of benzene rings is 1. The number of hydrogen-bond acceptors (Lipinski definition) is 1. The molecule has 0 bridgehead atoms. The van der Waals surface area contributed by atoms with Gasteiger partial charge in [-0.2, -0.15) is 0 Å². The highest BCUT2D eigenvalue weighted by atomic mass is 79.9. The lowest BCUT2D eigenvalue weighted by atomic mass is 10.1. The fourth-order valence-corrected chi connectivity index (χ4v) is 2.03. The molecule has 0 aliphatic heterocycles. The molecule has 1 atom stereocenters. The smallest absolute Gasteiger partial charge is 0.146 e. The number of carbonyl (C=O) groups is 1. The molecule has 0 fully saturated rings. The Balaban J connectivity index is 2.84. The second kappa shape index (κ2) is 6.09. The van der Waals surface area contributed by atoms with E-state index in [1.54, 1.807) is 6.92 Å². The van der Waals surface area contributed by atoms with Gasteiger partial charge in [-0.1, -0.05) is 61.9 Å². The fraction of sp³-hybridized carbons (Fsp3) is 0.250. The molecule has 0 aliphatic carbocycles. The van der Waals surface area contributed by atoms with Crippen molar-refractivity contribution in [1.29, 1.82) is 0 Å². The second-order valence-corrected chi connectivity index (χ2v) is 6.26. The number of carbonyl (C=O) groups excluding carboxylic acids is 1. The van der Waals surface area contributed by atoms with Crippen LogP contribution in [0.15, 0.2) is 30.3 Å². The number of hydrogen-bond donors (Lipinski definition) is 0. The Kier molecular flexibility index (Phi) is 5.07. The first-order valence-electron chi connectivity index (χ1n) is 4.46. The van der Waals surface area contributed by atoms with E-state index in [9.17, 15) is 4.79 Å². The molecule has 78 valence electrons. The summed E-state index contributed by atoms with van der Waals surface area (Å²) >= 11 is 6.62. The molecule has 0 saturated carbocycles. The van der Waals surface area contributed by atoms with E-state index in [2.05, 4.69) is 43.7 Å². The van der Waals surface area contributed by atoms with E-state index in [4.69, 9.17) is 0 Å². The Labute approximate surface area is 107 Å². The molecule has 0 radical (unpaired) electrons. The summed E-state index contributed by atoms with van der Waals surface area (Å²) < 4.78 is -0.0984. The molecule has 1 aromatic carbocycles. The second-order valence-electron chi connectivity index (χ2n) is 3.06. The molecule has 1 nitrogen and oxygen atoms in total. The van der Waals surface area contributed by atoms with Gasteiger partial charge in [0.25, 0.3) is 0 Å². The first-order chi connectivity index (χ1) is 7.11. The van der Waals surface area contributed by atoms with Crippen molar-refractivity contribution in [2.45, 2.75) is 10.7 Å². The maximum atomic E-state index is 11.2. The Bertz CT molecular complexity index is 387. The summed E-state index contributed by atoms with van der Waals surface area (Å²) in [4.78, 5) is 11.2. The van der Waals surface area contributed by atoms with E-state index in [-0.39, 0.29) is 15.4 Å². The van der Waals surface area contributed by atoms with Gasteiger partial charge in [-0.25, -0.2) is 0 Å². The Hall–Kier alpha value is -0.590. The molecule has 0 aliphatic rings. The fourth-order valence-electron chi connectivity index (χ4n) is 1.02. The minimum absolute atomic E-state index is 0.0529. The normalized spacial score (nSPS) is 11.7. The van der Waals surface area contributed by atoms with Gasteiger partial charge >= 0.3 is 0 Å². The molecule has 1 aromatic rings. The van der Waals surface area contributed by atoms with E-state index >= 15 is 0 Å². The summed E-state index contributed by atoms with van der Waals surface area (Å²) in [6, 6.07) is 9.62. The van der Waals surface area contributed by atoms with Crippen LogP contribution in [-0.2, 0) is 4.79 Å². The Morgan fingerprint density at radius 2 is 1.87 bits per heavy atom.